The van der Waals surface area contributed by atoms with Crippen LogP contribution < -0.4 is 14.8 Å². The van der Waals surface area contributed by atoms with Gasteiger partial charge >= 0.3 is 6.16 Å². The van der Waals surface area contributed by atoms with Crippen molar-refractivity contribution in [3.8, 4) is 5.88 Å². The number of benzene rings is 1. The maximum absolute atomic E-state index is 12.5. The van der Waals surface area contributed by atoms with Gasteiger partial charge in [-0.2, -0.15) is 0 Å². The van der Waals surface area contributed by atoms with Gasteiger partial charge in [0.05, 0.1) is 17.1 Å². The highest BCUT2D eigenvalue weighted by Crippen LogP contribution is 2.13. The Kier molecular flexibility index (Phi) is 8.50. The molecule has 1 aromatic carbocycles. The minimum Gasteiger partial charge on any atom is -0.434 e. The number of nitrogens with zero attached hydrogens (tertiary/aromatic N) is 1. The Bertz CT molecular complexity index is 1020. The summed E-state index contributed by atoms with van der Waals surface area (Å²) in [6.07, 6.45) is 1.89. The Hall–Kier alpha value is -3.47. The predicted octanol–water partition coefficient (Wildman–Crippen LogP) is 2.27. The van der Waals surface area contributed by atoms with Gasteiger partial charge in [0.15, 0.2) is 0 Å². The zero-order chi connectivity index (χ0) is 22.9. The summed E-state index contributed by atoms with van der Waals surface area (Å²) in [5, 5.41) is 2.73. The molecule has 0 unspecified atom stereocenters. The van der Waals surface area contributed by atoms with Crippen molar-refractivity contribution in [1.82, 2.24) is 15.0 Å². The number of hydrogen-bond donors (Lipinski definition) is 2. The van der Waals surface area contributed by atoms with E-state index in [2.05, 4.69) is 15.0 Å². The third-order valence-electron chi connectivity index (χ3n) is 3.92. The van der Waals surface area contributed by atoms with E-state index in [1.807, 2.05) is 11.6 Å². The summed E-state index contributed by atoms with van der Waals surface area (Å²) in [4.78, 5) is 39.1. The summed E-state index contributed by atoms with van der Waals surface area (Å²) in [5.74, 6) is -1.33. The number of nitrogens with one attached hydrogen (secondary N) is 2. The van der Waals surface area contributed by atoms with Gasteiger partial charge in [0.1, 0.15) is 0 Å². The first kappa shape index (κ1) is 23.8. The first-order valence-electron chi connectivity index (χ1n) is 9.53. The van der Waals surface area contributed by atoms with Crippen molar-refractivity contribution in [2.75, 3.05) is 13.2 Å². The van der Waals surface area contributed by atoms with Crippen molar-refractivity contribution in [3.63, 3.8) is 0 Å². The summed E-state index contributed by atoms with van der Waals surface area (Å²) in [5.41, 5.74) is 0.245. The van der Waals surface area contributed by atoms with E-state index in [0.29, 0.717) is 12.1 Å². The molecule has 2 amide bonds. The highest BCUT2D eigenvalue weighted by atomic mass is 32.2. The Balaban J connectivity index is 2.02. The molecule has 11 heteroatoms. The van der Waals surface area contributed by atoms with E-state index in [1.54, 1.807) is 6.92 Å². The average molecular weight is 449 g/mol. The molecule has 0 saturated carbocycles. The van der Waals surface area contributed by atoms with Crippen LogP contribution >= 0.6 is 0 Å². The molecule has 0 radical (unpaired) electrons. The zero-order valence-corrected chi connectivity index (χ0v) is 17.9. The van der Waals surface area contributed by atoms with E-state index < -0.39 is 22.1 Å². The van der Waals surface area contributed by atoms with Crippen LogP contribution in [0.1, 0.15) is 47.4 Å². The largest absolute Gasteiger partial charge is 0.515 e. The minimum absolute atomic E-state index is 0.0632. The molecule has 2 N–H and O–H groups in total. The van der Waals surface area contributed by atoms with E-state index in [-0.39, 0.29) is 28.9 Å². The van der Waals surface area contributed by atoms with Crippen LogP contribution in [0.4, 0.5) is 4.79 Å². The normalized spacial score (nSPS) is 10.8. The van der Waals surface area contributed by atoms with Crippen LogP contribution in [-0.2, 0) is 14.8 Å². The van der Waals surface area contributed by atoms with Gasteiger partial charge in [0, 0.05) is 24.4 Å². The number of hydrogen-bond acceptors (Lipinski definition) is 8. The molecule has 0 aliphatic rings. The van der Waals surface area contributed by atoms with Crippen LogP contribution in [0.5, 0.6) is 5.88 Å². The van der Waals surface area contributed by atoms with Gasteiger partial charge in [-0.3, -0.25) is 9.59 Å². The smallest absolute Gasteiger partial charge is 0.434 e. The summed E-state index contributed by atoms with van der Waals surface area (Å²) >= 11 is 0. The topological polar surface area (TPSA) is 141 Å². The molecule has 0 spiro atoms. The fourth-order valence-corrected chi connectivity index (χ4v) is 3.29. The molecule has 166 valence electrons. The van der Waals surface area contributed by atoms with E-state index in [0.717, 1.165) is 19.0 Å². The summed E-state index contributed by atoms with van der Waals surface area (Å²) in [7, 11) is -4.17. The van der Waals surface area contributed by atoms with Crippen LogP contribution in [-0.4, -0.2) is 44.5 Å². The fraction of sp³-hybridized carbons (Fsp3) is 0.300. The number of sulfonamides is 1. The van der Waals surface area contributed by atoms with Crippen LogP contribution in [0.15, 0.2) is 47.5 Å². The second-order valence-electron chi connectivity index (χ2n) is 6.24. The molecule has 1 aromatic heterocycles. The Labute approximate surface area is 180 Å². The van der Waals surface area contributed by atoms with Gasteiger partial charge in [-0.05, 0) is 43.7 Å². The van der Waals surface area contributed by atoms with Gasteiger partial charge in [-0.25, -0.2) is 22.9 Å². The second-order valence-corrected chi connectivity index (χ2v) is 7.92. The van der Waals surface area contributed by atoms with E-state index in [1.165, 1.54) is 36.4 Å². The molecule has 2 aromatic rings. The maximum atomic E-state index is 12.5. The van der Waals surface area contributed by atoms with Crippen molar-refractivity contribution in [3.05, 3.63) is 53.7 Å². The maximum Gasteiger partial charge on any atom is 0.515 e. The lowest BCUT2D eigenvalue weighted by Crippen LogP contribution is -2.30. The molecule has 0 bridgehead atoms. The standard InChI is InChI=1S/C20H23N3O7S/c1-3-5-12-21-18(24)14-6-9-16(10-7-14)31(27,28)23-19(25)15-8-11-17(22-13-15)30-20(26)29-4-2/h6-11,13H,3-5,12H2,1-2H3,(H,21,24)(H,23,25). The van der Waals surface area contributed by atoms with Gasteiger partial charge in [-0.1, -0.05) is 13.3 Å². The molecule has 0 atom stereocenters. The Morgan fingerprint density at radius 1 is 0.968 bits per heavy atom. The SMILES string of the molecule is CCCCNC(=O)c1ccc(S(=O)(=O)NC(=O)c2ccc(OC(=O)OCC)nc2)cc1. The van der Waals surface area contributed by atoms with Crippen molar-refractivity contribution in [2.45, 2.75) is 31.6 Å². The number of amides is 2. The molecular formula is C20H23N3O7S. The number of carbonyl (C=O) groups excluding carboxylic acids is 3. The molecule has 0 aliphatic heterocycles. The van der Waals surface area contributed by atoms with Crippen LogP contribution in [0.3, 0.4) is 0 Å². The third-order valence-corrected chi connectivity index (χ3v) is 5.27. The molecule has 2 rings (SSSR count). The third kappa shape index (κ3) is 7.07. The van der Waals surface area contributed by atoms with Crippen LogP contribution in [0.2, 0.25) is 0 Å². The molecule has 0 fully saturated rings. The number of unbranched alkanes of at least 4 members (excludes halogenated alkanes) is 1. The van der Waals surface area contributed by atoms with Crippen molar-refractivity contribution in [1.29, 1.82) is 0 Å². The van der Waals surface area contributed by atoms with Crippen molar-refractivity contribution < 1.29 is 32.3 Å². The summed E-state index contributed by atoms with van der Waals surface area (Å²) in [6, 6.07) is 7.67. The molecule has 10 nitrogen and oxygen atoms in total. The lowest BCUT2D eigenvalue weighted by molar-refractivity contribution is 0.0949. The molecule has 1 heterocycles. The first-order chi connectivity index (χ1) is 14.8. The average Bonchev–Trinajstić information content (AvgIpc) is 2.74. The lowest BCUT2D eigenvalue weighted by Gasteiger charge is -2.09. The second kappa shape index (κ2) is 11.1. The number of carbonyl (C=O) groups is 3. The summed E-state index contributed by atoms with van der Waals surface area (Å²) in [6.45, 7) is 4.27. The monoisotopic (exact) mass is 449 g/mol. The number of aromatic nitrogens is 1. The van der Waals surface area contributed by atoms with Gasteiger partial charge in [0.25, 0.3) is 21.8 Å². The molecular weight excluding hydrogens is 426 g/mol. The van der Waals surface area contributed by atoms with Gasteiger partial charge < -0.3 is 14.8 Å². The Morgan fingerprint density at radius 2 is 1.65 bits per heavy atom. The zero-order valence-electron chi connectivity index (χ0n) is 17.1. The highest BCUT2D eigenvalue weighted by molar-refractivity contribution is 7.90. The number of ether oxygens (including phenoxy) is 2. The van der Waals surface area contributed by atoms with Crippen LogP contribution in [0, 0.1) is 0 Å². The van der Waals surface area contributed by atoms with E-state index in [4.69, 9.17) is 4.74 Å². The van der Waals surface area contributed by atoms with Gasteiger partial charge in [-0.15, -0.1) is 0 Å². The number of rotatable bonds is 9. The lowest BCUT2D eigenvalue weighted by atomic mass is 10.2. The van der Waals surface area contributed by atoms with Crippen molar-refractivity contribution >= 4 is 28.0 Å². The minimum atomic E-state index is -4.17. The first-order valence-corrected chi connectivity index (χ1v) is 11.0. The molecule has 31 heavy (non-hydrogen) atoms. The Morgan fingerprint density at radius 3 is 2.23 bits per heavy atom. The quantitative estimate of drug-likeness (QED) is 0.439. The summed E-state index contributed by atoms with van der Waals surface area (Å²) < 4.78 is 36.2. The molecule has 0 aliphatic carbocycles. The highest BCUT2D eigenvalue weighted by Gasteiger charge is 2.20. The van der Waals surface area contributed by atoms with Gasteiger partial charge in [0.2, 0.25) is 5.88 Å². The fourth-order valence-electron chi connectivity index (χ4n) is 2.31. The van der Waals surface area contributed by atoms with E-state index in [9.17, 15) is 22.8 Å². The molecule has 0 saturated heterocycles. The number of pyridine rings is 1. The predicted molar refractivity (Wildman–Crippen MR) is 110 cm³/mol. The van der Waals surface area contributed by atoms with Crippen molar-refractivity contribution in [2.24, 2.45) is 0 Å². The van der Waals surface area contributed by atoms with E-state index >= 15 is 0 Å². The van der Waals surface area contributed by atoms with Crippen LogP contribution in [0.25, 0.3) is 0 Å².